The lowest BCUT2D eigenvalue weighted by molar-refractivity contribution is -0.121. The summed E-state index contributed by atoms with van der Waals surface area (Å²) in [6, 6.07) is 14.3. The van der Waals surface area contributed by atoms with Gasteiger partial charge in [0.05, 0.1) is 12.0 Å². The summed E-state index contributed by atoms with van der Waals surface area (Å²) in [5.41, 5.74) is 1.45. The molecule has 1 aliphatic rings. The van der Waals surface area contributed by atoms with Crippen molar-refractivity contribution in [2.45, 2.75) is 39.3 Å². The first-order chi connectivity index (χ1) is 13.0. The van der Waals surface area contributed by atoms with Crippen molar-refractivity contribution in [2.24, 2.45) is 5.92 Å². The minimum atomic E-state index is -0.187. The van der Waals surface area contributed by atoms with E-state index in [9.17, 15) is 9.18 Å². The Bertz CT molecular complexity index is 761. The molecule has 2 aromatic rings. The van der Waals surface area contributed by atoms with E-state index in [1.54, 1.807) is 12.1 Å². The van der Waals surface area contributed by atoms with Gasteiger partial charge in [0.1, 0.15) is 11.6 Å². The fourth-order valence-electron chi connectivity index (χ4n) is 3.41. The largest absolute Gasteiger partial charge is 0.491 e. The monoisotopic (exact) mass is 370 g/mol. The van der Waals surface area contributed by atoms with Crippen LogP contribution in [0.25, 0.3) is 0 Å². The molecule has 0 bridgehead atoms. The SMILES string of the molecule is CC(C)Oc1ccc(NC(=O)C2CCCN(Cc3ccccc3F)C2)cc1. The molecule has 0 saturated carbocycles. The Labute approximate surface area is 160 Å². The van der Waals surface area contributed by atoms with Crippen molar-refractivity contribution in [1.29, 1.82) is 0 Å². The molecule has 0 aromatic heterocycles. The number of nitrogens with zero attached hydrogens (tertiary/aromatic N) is 1. The van der Waals surface area contributed by atoms with E-state index in [4.69, 9.17) is 4.74 Å². The average Bonchev–Trinajstić information content (AvgIpc) is 2.65. The molecule has 1 unspecified atom stereocenters. The molecule has 1 atom stereocenters. The van der Waals surface area contributed by atoms with E-state index in [2.05, 4.69) is 10.2 Å². The second kappa shape index (κ2) is 9.00. The molecule has 1 fully saturated rings. The Hall–Kier alpha value is -2.40. The molecule has 2 aromatic carbocycles. The molecule has 27 heavy (non-hydrogen) atoms. The van der Waals surface area contributed by atoms with Gasteiger partial charge in [-0.05, 0) is 63.6 Å². The highest BCUT2D eigenvalue weighted by molar-refractivity contribution is 5.92. The number of halogens is 1. The van der Waals surface area contributed by atoms with Crippen LogP contribution in [0.1, 0.15) is 32.3 Å². The van der Waals surface area contributed by atoms with Crippen molar-refractivity contribution in [3.05, 3.63) is 59.9 Å². The molecule has 0 radical (unpaired) electrons. The Kier molecular flexibility index (Phi) is 6.45. The summed E-state index contributed by atoms with van der Waals surface area (Å²) in [6.45, 7) is 6.03. The molecule has 3 rings (SSSR count). The van der Waals surface area contributed by atoms with Crippen LogP contribution in [0.4, 0.5) is 10.1 Å². The Morgan fingerprint density at radius 2 is 1.96 bits per heavy atom. The van der Waals surface area contributed by atoms with Crippen LogP contribution in [0.5, 0.6) is 5.75 Å². The smallest absolute Gasteiger partial charge is 0.228 e. The zero-order chi connectivity index (χ0) is 19.2. The van der Waals surface area contributed by atoms with E-state index < -0.39 is 0 Å². The Balaban J connectivity index is 1.56. The third-order valence-electron chi connectivity index (χ3n) is 4.72. The number of rotatable bonds is 6. The zero-order valence-corrected chi connectivity index (χ0v) is 16.0. The van der Waals surface area contributed by atoms with Gasteiger partial charge in [0.15, 0.2) is 0 Å². The molecule has 1 heterocycles. The van der Waals surface area contributed by atoms with Gasteiger partial charge in [-0.25, -0.2) is 4.39 Å². The minimum Gasteiger partial charge on any atom is -0.491 e. The number of hydrogen-bond donors (Lipinski definition) is 1. The zero-order valence-electron chi connectivity index (χ0n) is 16.0. The maximum absolute atomic E-state index is 13.9. The van der Waals surface area contributed by atoms with Crippen molar-refractivity contribution in [2.75, 3.05) is 18.4 Å². The van der Waals surface area contributed by atoms with Crippen LogP contribution in [0.3, 0.4) is 0 Å². The molecule has 4 nitrogen and oxygen atoms in total. The molecular formula is C22H27FN2O2. The summed E-state index contributed by atoms with van der Waals surface area (Å²) in [5, 5.41) is 2.99. The minimum absolute atomic E-state index is 0.0192. The summed E-state index contributed by atoms with van der Waals surface area (Å²) in [6.07, 6.45) is 1.91. The van der Waals surface area contributed by atoms with Crippen LogP contribution in [0.2, 0.25) is 0 Å². The first-order valence-electron chi connectivity index (χ1n) is 9.54. The van der Waals surface area contributed by atoms with Gasteiger partial charge in [-0.3, -0.25) is 9.69 Å². The van der Waals surface area contributed by atoms with Crippen molar-refractivity contribution in [3.8, 4) is 5.75 Å². The second-order valence-corrected chi connectivity index (χ2v) is 7.35. The van der Waals surface area contributed by atoms with Gasteiger partial charge >= 0.3 is 0 Å². The highest BCUT2D eigenvalue weighted by atomic mass is 19.1. The van der Waals surface area contributed by atoms with E-state index >= 15 is 0 Å². The van der Waals surface area contributed by atoms with E-state index in [1.807, 2.05) is 44.2 Å². The molecule has 144 valence electrons. The summed E-state index contributed by atoms with van der Waals surface area (Å²) in [4.78, 5) is 14.8. The first-order valence-corrected chi connectivity index (χ1v) is 9.54. The Morgan fingerprint density at radius 3 is 2.67 bits per heavy atom. The molecule has 0 aliphatic carbocycles. The molecule has 1 amide bonds. The van der Waals surface area contributed by atoms with Crippen LogP contribution in [-0.2, 0) is 11.3 Å². The number of amides is 1. The molecular weight excluding hydrogens is 343 g/mol. The predicted molar refractivity (Wildman–Crippen MR) is 105 cm³/mol. The third kappa shape index (κ3) is 5.54. The van der Waals surface area contributed by atoms with Gasteiger partial charge in [0.2, 0.25) is 5.91 Å². The highest BCUT2D eigenvalue weighted by Gasteiger charge is 2.26. The summed E-state index contributed by atoms with van der Waals surface area (Å²) in [5.74, 6) is 0.535. The van der Waals surface area contributed by atoms with Gasteiger partial charge in [0, 0.05) is 24.3 Å². The molecule has 1 saturated heterocycles. The molecule has 1 N–H and O–H groups in total. The number of carbonyl (C=O) groups excluding carboxylic acids is 1. The van der Waals surface area contributed by atoms with Crippen LogP contribution < -0.4 is 10.1 Å². The number of nitrogens with one attached hydrogen (secondary N) is 1. The van der Waals surface area contributed by atoms with Crippen molar-refractivity contribution in [1.82, 2.24) is 4.90 Å². The fourth-order valence-corrected chi connectivity index (χ4v) is 3.41. The van der Waals surface area contributed by atoms with Gasteiger partial charge in [-0.2, -0.15) is 0 Å². The summed E-state index contributed by atoms with van der Waals surface area (Å²) >= 11 is 0. The summed E-state index contributed by atoms with van der Waals surface area (Å²) in [7, 11) is 0. The number of carbonyl (C=O) groups is 1. The summed E-state index contributed by atoms with van der Waals surface area (Å²) < 4.78 is 19.5. The van der Waals surface area contributed by atoms with Gasteiger partial charge in [0.25, 0.3) is 0 Å². The van der Waals surface area contributed by atoms with Crippen LogP contribution in [-0.4, -0.2) is 30.0 Å². The predicted octanol–water partition coefficient (Wildman–Crippen LogP) is 4.46. The number of piperidine rings is 1. The van der Waals surface area contributed by atoms with E-state index in [-0.39, 0.29) is 23.7 Å². The van der Waals surface area contributed by atoms with E-state index in [1.165, 1.54) is 6.07 Å². The van der Waals surface area contributed by atoms with Crippen molar-refractivity contribution >= 4 is 11.6 Å². The van der Waals surface area contributed by atoms with Crippen LogP contribution in [0.15, 0.2) is 48.5 Å². The number of anilines is 1. The van der Waals surface area contributed by atoms with Crippen LogP contribution in [0, 0.1) is 11.7 Å². The highest BCUT2D eigenvalue weighted by Crippen LogP contribution is 2.22. The maximum atomic E-state index is 13.9. The lowest BCUT2D eigenvalue weighted by atomic mass is 9.96. The van der Waals surface area contributed by atoms with Gasteiger partial charge in [-0.1, -0.05) is 18.2 Å². The molecule has 1 aliphatic heterocycles. The lowest BCUT2D eigenvalue weighted by Crippen LogP contribution is -2.40. The molecule has 5 heteroatoms. The van der Waals surface area contributed by atoms with E-state index in [0.717, 1.165) is 30.8 Å². The topological polar surface area (TPSA) is 41.6 Å². The Morgan fingerprint density at radius 1 is 1.22 bits per heavy atom. The van der Waals surface area contributed by atoms with Crippen molar-refractivity contribution < 1.29 is 13.9 Å². The molecule has 0 spiro atoms. The average molecular weight is 370 g/mol. The fraction of sp³-hybridized carbons (Fsp3) is 0.409. The standard InChI is InChI=1S/C22H27FN2O2/c1-16(2)27-20-11-9-19(10-12-20)24-22(26)18-7-5-13-25(15-18)14-17-6-3-4-8-21(17)23/h3-4,6,8-12,16,18H,5,7,13-15H2,1-2H3,(H,24,26). The normalized spacial score (nSPS) is 17.7. The van der Waals surface area contributed by atoms with E-state index in [0.29, 0.717) is 18.7 Å². The van der Waals surface area contributed by atoms with Gasteiger partial charge in [-0.15, -0.1) is 0 Å². The first kappa shape index (κ1) is 19.4. The van der Waals surface area contributed by atoms with Crippen LogP contribution >= 0.6 is 0 Å². The van der Waals surface area contributed by atoms with Gasteiger partial charge < -0.3 is 10.1 Å². The lowest BCUT2D eigenvalue weighted by Gasteiger charge is -2.32. The number of hydrogen-bond acceptors (Lipinski definition) is 3. The second-order valence-electron chi connectivity index (χ2n) is 7.35. The third-order valence-corrected chi connectivity index (χ3v) is 4.72. The number of benzene rings is 2. The number of ether oxygens (including phenoxy) is 1. The number of likely N-dealkylation sites (tertiary alicyclic amines) is 1. The quantitative estimate of drug-likeness (QED) is 0.816. The maximum Gasteiger partial charge on any atom is 0.228 e. The van der Waals surface area contributed by atoms with Crippen molar-refractivity contribution in [3.63, 3.8) is 0 Å².